The summed E-state index contributed by atoms with van der Waals surface area (Å²) in [5.41, 5.74) is 0.646. The highest BCUT2D eigenvalue weighted by Gasteiger charge is 2.21. The highest BCUT2D eigenvalue weighted by atomic mass is 79.9. The molecule has 1 aromatic rings. The maximum atomic E-state index is 5.98. The standard InChI is InChI=1S/C8H4BrCl5/c1-2(9)3-4(10)6(12)8(14)7(13)5(3)11/h2H,1H3/t2-/m1/s1. The highest BCUT2D eigenvalue weighted by molar-refractivity contribution is 9.09. The van der Waals surface area contributed by atoms with E-state index in [1.807, 2.05) is 6.92 Å². The van der Waals surface area contributed by atoms with Crippen LogP contribution >= 0.6 is 73.9 Å². The number of hydrogen-bond acceptors (Lipinski definition) is 0. The molecule has 1 atom stereocenters. The molecule has 0 N–H and O–H groups in total. The van der Waals surface area contributed by atoms with Crippen molar-refractivity contribution in [2.45, 2.75) is 11.8 Å². The monoisotopic (exact) mass is 354 g/mol. The first-order valence-electron chi connectivity index (χ1n) is 3.53. The molecule has 14 heavy (non-hydrogen) atoms. The molecule has 0 aromatic heterocycles. The molecule has 1 aromatic carbocycles. The Morgan fingerprint density at radius 1 is 0.786 bits per heavy atom. The molecule has 0 aliphatic carbocycles. The zero-order valence-electron chi connectivity index (χ0n) is 6.85. The van der Waals surface area contributed by atoms with E-state index in [1.165, 1.54) is 0 Å². The Labute approximate surface area is 116 Å². The molecule has 0 aliphatic rings. The van der Waals surface area contributed by atoms with Gasteiger partial charge in [-0.15, -0.1) is 0 Å². The maximum absolute atomic E-state index is 5.98. The molecule has 0 saturated heterocycles. The fourth-order valence-electron chi connectivity index (χ4n) is 0.971. The van der Waals surface area contributed by atoms with Crippen LogP contribution in [0.15, 0.2) is 0 Å². The van der Waals surface area contributed by atoms with Gasteiger partial charge < -0.3 is 0 Å². The van der Waals surface area contributed by atoms with E-state index < -0.39 is 0 Å². The second-order valence-electron chi connectivity index (χ2n) is 2.60. The Morgan fingerprint density at radius 2 is 1.07 bits per heavy atom. The first-order valence-corrected chi connectivity index (χ1v) is 6.33. The lowest BCUT2D eigenvalue weighted by Crippen LogP contribution is -1.91. The molecule has 78 valence electrons. The molecular weight excluding hydrogens is 353 g/mol. The average molecular weight is 357 g/mol. The maximum Gasteiger partial charge on any atom is 0.0809 e. The number of alkyl halides is 1. The zero-order valence-corrected chi connectivity index (χ0v) is 12.2. The fourth-order valence-corrected chi connectivity index (χ4v) is 3.17. The van der Waals surface area contributed by atoms with E-state index in [-0.39, 0.29) is 19.9 Å². The summed E-state index contributed by atoms with van der Waals surface area (Å²) < 4.78 is 0. The Bertz CT molecular complexity index is 345. The van der Waals surface area contributed by atoms with Crippen LogP contribution in [-0.2, 0) is 0 Å². The van der Waals surface area contributed by atoms with Gasteiger partial charge in [0.1, 0.15) is 0 Å². The van der Waals surface area contributed by atoms with Crippen LogP contribution in [0.2, 0.25) is 25.1 Å². The van der Waals surface area contributed by atoms with Crippen LogP contribution in [0.25, 0.3) is 0 Å². The average Bonchev–Trinajstić information content (AvgIpc) is 2.11. The van der Waals surface area contributed by atoms with Crippen molar-refractivity contribution in [3.05, 3.63) is 30.7 Å². The van der Waals surface area contributed by atoms with Gasteiger partial charge in [0, 0.05) is 10.4 Å². The van der Waals surface area contributed by atoms with Crippen LogP contribution in [0, 0.1) is 0 Å². The van der Waals surface area contributed by atoms with Crippen molar-refractivity contribution in [3.63, 3.8) is 0 Å². The Morgan fingerprint density at radius 3 is 1.36 bits per heavy atom. The summed E-state index contributed by atoms with van der Waals surface area (Å²) in [4.78, 5) is -0.0465. The van der Waals surface area contributed by atoms with Crippen LogP contribution in [-0.4, -0.2) is 0 Å². The lowest BCUT2D eigenvalue weighted by atomic mass is 10.1. The summed E-state index contributed by atoms with van der Waals surface area (Å²) in [6.45, 7) is 1.87. The van der Waals surface area contributed by atoms with E-state index in [0.717, 1.165) is 0 Å². The first kappa shape index (κ1) is 13.2. The third kappa shape index (κ3) is 2.28. The Balaban J connectivity index is 3.60. The molecule has 0 spiro atoms. The van der Waals surface area contributed by atoms with E-state index in [0.29, 0.717) is 15.6 Å². The minimum Gasteiger partial charge on any atom is -0.0841 e. The lowest BCUT2D eigenvalue weighted by molar-refractivity contribution is 1.12. The molecule has 0 radical (unpaired) electrons. The quantitative estimate of drug-likeness (QED) is 0.309. The molecular formula is C8H4BrCl5. The van der Waals surface area contributed by atoms with E-state index in [1.54, 1.807) is 0 Å². The summed E-state index contributed by atoms with van der Waals surface area (Å²) in [5.74, 6) is 0. The van der Waals surface area contributed by atoms with Crippen molar-refractivity contribution in [1.29, 1.82) is 0 Å². The van der Waals surface area contributed by atoms with Crippen molar-refractivity contribution < 1.29 is 0 Å². The van der Waals surface area contributed by atoms with Crippen molar-refractivity contribution in [2.24, 2.45) is 0 Å². The number of hydrogen-bond donors (Lipinski definition) is 0. The van der Waals surface area contributed by atoms with Crippen molar-refractivity contribution >= 4 is 73.9 Å². The van der Waals surface area contributed by atoms with E-state index in [9.17, 15) is 0 Å². The molecule has 0 saturated carbocycles. The lowest BCUT2D eigenvalue weighted by Gasteiger charge is -2.13. The van der Waals surface area contributed by atoms with Gasteiger partial charge in [0.15, 0.2) is 0 Å². The van der Waals surface area contributed by atoms with Crippen LogP contribution in [0.3, 0.4) is 0 Å². The van der Waals surface area contributed by atoms with Gasteiger partial charge in [-0.2, -0.15) is 0 Å². The Kier molecular flexibility index (Phi) is 4.71. The van der Waals surface area contributed by atoms with Crippen LogP contribution in [0.5, 0.6) is 0 Å². The first-order chi connectivity index (χ1) is 6.37. The van der Waals surface area contributed by atoms with Gasteiger partial charge >= 0.3 is 0 Å². The van der Waals surface area contributed by atoms with Gasteiger partial charge in [-0.1, -0.05) is 73.9 Å². The second kappa shape index (κ2) is 4.99. The number of rotatable bonds is 1. The fraction of sp³-hybridized carbons (Fsp3) is 0.250. The largest absolute Gasteiger partial charge is 0.0841 e. The van der Waals surface area contributed by atoms with Crippen molar-refractivity contribution in [1.82, 2.24) is 0 Å². The molecule has 0 heterocycles. The van der Waals surface area contributed by atoms with Gasteiger partial charge in [0.2, 0.25) is 0 Å². The number of benzene rings is 1. The van der Waals surface area contributed by atoms with Gasteiger partial charge in [-0.3, -0.25) is 0 Å². The van der Waals surface area contributed by atoms with E-state index in [2.05, 4.69) is 15.9 Å². The molecule has 0 amide bonds. The minimum atomic E-state index is -0.0465. The SMILES string of the molecule is C[C@@H](Br)c1c(Cl)c(Cl)c(Cl)c(Cl)c1Cl. The summed E-state index contributed by atoms with van der Waals surface area (Å²) in [7, 11) is 0. The molecule has 0 bridgehead atoms. The van der Waals surface area contributed by atoms with E-state index >= 15 is 0 Å². The van der Waals surface area contributed by atoms with E-state index in [4.69, 9.17) is 58.0 Å². The molecule has 0 unspecified atom stereocenters. The zero-order chi connectivity index (χ0) is 11.0. The molecule has 6 heteroatoms. The van der Waals surface area contributed by atoms with Gasteiger partial charge in [0.05, 0.1) is 25.1 Å². The van der Waals surface area contributed by atoms with Gasteiger partial charge in [0.25, 0.3) is 0 Å². The van der Waals surface area contributed by atoms with Crippen LogP contribution < -0.4 is 0 Å². The third-order valence-corrected chi connectivity index (χ3v) is 4.41. The molecule has 0 aliphatic heterocycles. The summed E-state index contributed by atoms with van der Waals surface area (Å²) in [6.07, 6.45) is 0. The minimum absolute atomic E-state index is 0.0465. The molecule has 1 rings (SSSR count). The predicted molar refractivity (Wildman–Crippen MR) is 68.8 cm³/mol. The van der Waals surface area contributed by atoms with Gasteiger partial charge in [-0.05, 0) is 6.92 Å². The topological polar surface area (TPSA) is 0 Å². The summed E-state index contributed by atoms with van der Waals surface area (Å²) >= 11 is 32.9. The highest BCUT2D eigenvalue weighted by Crippen LogP contribution is 2.47. The smallest absolute Gasteiger partial charge is 0.0809 e. The summed E-state index contributed by atoms with van der Waals surface area (Å²) in [5, 5.41) is 1.29. The second-order valence-corrected chi connectivity index (χ2v) is 5.86. The van der Waals surface area contributed by atoms with Gasteiger partial charge in [-0.25, -0.2) is 0 Å². The van der Waals surface area contributed by atoms with Crippen molar-refractivity contribution in [3.8, 4) is 0 Å². The van der Waals surface area contributed by atoms with Crippen LogP contribution in [0.4, 0.5) is 0 Å². The third-order valence-electron chi connectivity index (χ3n) is 1.64. The Hall–Kier alpha value is 1.15. The normalized spacial score (nSPS) is 13.1. The predicted octanol–water partition coefficient (Wildman–Crippen LogP) is 6.41. The molecule has 0 nitrogen and oxygen atoms in total. The summed E-state index contributed by atoms with van der Waals surface area (Å²) in [6, 6.07) is 0. The number of halogens is 6. The molecule has 0 fully saturated rings. The van der Waals surface area contributed by atoms with Crippen LogP contribution in [0.1, 0.15) is 17.3 Å². The van der Waals surface area contributed by atoms with Crippen molar-refractivity contribution in [2.75, 3.05) is 0 Å².